The third-order valence-electron chi connectivity index (χ3n) is 5.82. The molecule has 3 nitrogen and oxygen atoms in total. The summed E-state index contributed by atoms with van der Waals surface area (Å²) < 4.78 is 0. The zero-order valence-corrected chi connectivity index (χ0v) is 16.5. The first kappa shape index (κ1) is 18.7. The van der Waals surface area contributed by atoms with E-state index in [1.807, 2.05) is 30.3 Å². The van der Waals surface area contributed by atoms with Crippen molar-refractivity contribution < 1.29 is 4.79 Å². The number of hydrogen-bond acceptors (Lipinski definition) is 2. The van der Waals surface area contributed by atoms with Gasteiger partial charge in [0.05, 0.1) is 0 Å². The lowest BCUT2D eigenvalue weighted by atomic mass is 9.99. The van der Waals surface area contributed by atoms with Crippen LogP contribution < -0.4 is 5.32 Å². The van der Waals surface area contributed by atoms with Crippen LogP contribution in [0.15, 0.2) is 66.7 Å². The highest BCUT2D eigenvalue weighted by Gasteiger charge is 2.15. The topological polar surface area (TPSA) is 32.3 Å². The molecule has 4 rings (SSSR count). The quantitative estimate of drug-likeness (QED) is 0.683. The monoisotopic (exact) mass is 372 g/mol. The largest absolute Gasteiger partial charge is 0.348 e. The van der Waals surface area contributed by atoms with Gasteiger partial charge in [-0.15, -0.1) is 0 Å². The Kier molecular flexibility index (Phi) is 5.73. The molecule has 3 aromatic carbocycles. The Hall–Kier alpha value is -2.65. The van der Waals surface area contributed by atoms with Crippen LogP contribution in [-0.4, -0.2) is 23.9 Å². The lowest BCUT2D eigenvalue weighted by Gasteiger charge is -2.30. The summed E-state index contributed by atoms with van der Waals surface area (Å²) in [5.41, 5.74) is 3.14. The molecule has 1 saturated heterocycles. The molecule has 144 valence electrons. The Morgan fingerprint density at radius 3 is 2.46 bits per heavy atom. The van der Waals surface area contributed by atoms with Gasteiger partial charge in [-0.1, -0.05) is 61.5 Å². The van der Waals surface area contributed by atoms with E-state index in [0.29, 0.717) is 6.54 Å². The second-order valence-corrected chi connectivity index (χ2v) is 7.98. The summed E-state index contributed by atoms with van der Waals surface area (Å²) in [6.45, 7) is 6.20. The molecule has 0 aliphatic carbocycles. The Balaban J connectivity index is 1.36. The van der Waals surface area contributed by atoms with E-state index < -0.39 is 0 Å². The molecule has 1 aliphatic rings. The minimum absolute atomic E-state index is 0.0220. The molecule has 0 unspecified atom stereocenters. The maximum Gasteiger partial charge on any atom is 0.251 e. The number of benzene rings is 3. The maximum atomic E-state index is 12.6. The summed E-state index contributed by atoms with van der Waals surface area (Å²) in [4.78, 5) is 15.1. The van der Waals surface area contributed by atoms with Crippen LogP contribution in [0.5, 0.6) is 0 Å². The summed E-state index contributed by atoms with van der Waals surface area (Å²) in [5, 5.41) is 5.45. The van der Waals surface area contributed by atoms with E-state index in [1.54, 1.807) is 0 Å². The summed E-state index contributed by atoms with van der Waals surface area (Å²) in [6, 6.07) is 22.6. The smallest absolute Gasteiger partial charge is 0.251 e. The summed E-state index contributed by atoms with van der Waals surface area (Å²) in [7, 11) is 0. The number of carbonyl (C=O) groups excluding carboxylic acids is 1. The Morgan fingerprint density at radius 1 is 0.964 bits per heavy atom. The van der Waals surface area contributed by atoms with Crippen molar-refractivity contribution in [2.75, 3.05) is 13.1 Å². The molecule has 0 aromatic heterocycles. The molecular formula is C25H28N2O. The van der Waals surface area contributed by atoms with Gasteiger partial charge >= 0.3 is 0 Å². The Bertz CT molecular complexity index is 935. The molecule has 3 aromatic rings. The van der Waals surface area contributed by atoms with Gasteiger partial charge in [-0.2, -0.15) is 0 Å². The highest BCUT2D eigenvalue weighted by Crippen LogP contribution is 2.19. The summed E-state index contributed by atoms with van der Waals surface area (Å²) >= 11 is 0. The van der Waals surface area contributed by atoms with Gasteiger partial charge in [-0.3, -0.25) is 9.69 Å². The van der Waals surface area contributed by atoms with Gasteiger partial charge < -0.3 is 5.32 Å². The van der Waals surface area contributed by atoms with Gasteiger partial charge in [0.15, 0.2) is 0 Å². The molecular weight excluding hydrogens is 344 g/mol. The van der Waals surface area contributed by atoms with Crippen LogP contribution >= 0.6 is 0 Å². The van der Waals surface area contributed by atoms with Crippen molar-refractivity contribution in [1.29, 1.82) is 0 Å². The van der Waals surface area contributed by atoms with E-state index in [1.165, 1.54) is 42.3 Å². The molecule has 0 saturated carbocycles. The van der Waals surface area contributed by atoms with Crippen LogP contribution in [0.25, 0.3) is 10.8 Å². The van der Waals surface area contributed by atoms with Crippen molar-refractivity contribution in [3.63, 3.8) is 0 Å². The van der Waals surface area contributed by atoms with E-state index in [2.05, 4.69) is 53.5 Å². The Labute approximate surface area is 167 Å². The summed E-state index contributed by atoms with van der Waals surface area (Å²) in [6.07, 6.45) is 2.57. The van der Waals surface area contributed by atoms with E-state index >= 15 is 0 Å². The minimum Gasteiger partial charge on any atom is -0.348 e. The first-order chi connectivity index (χ1) is 13.7. The third-order valence-corrected chi connectivity index (χ3v) is 5.82. The lowest BCUT2D eigenvalue weighted by Crippen LogP contribution is -2.32. The number of amides is 1. The first-order valence-electron chi connectivity index (χ1n) is 10.3. The van der Waals surface area contributed by atoms with Gasteiger partial charge in [0.1, 0.15) is 0 Å². The molecule has 3 heteroatoms. The second kappa shape index (κ2) is 8.57. The van der Waals surface area contributed by atoms with Crippen LogP contribution in [0.4, 0.5) is 0 Å². The fraction of sp³-hybridized carbons (Fsp3) is 0.320. The molecule has 0 bridgehead atoms. The van der Waals surface area contributed by atoms with Gasteiger partial charge in [0, 0.05) is 18.7 Å². The molecule has 1 N–H and O–H groups in total. The summed E-state index contributed by atoms with van der Waals surface area (Å²) in [5.74, 6) is 0.829. The molecule has 1 aliphatic heterocycles. The van der Waals surface area contributed by atoms with Crippen molar-refractivity contribution >= 4 is 16.7 Å². The van der Waals surface area contributed by atoms with Gasteiger partial charge in [-0.05, 0) is 65.9 Å². The van der Waals surface area contributed by atoms with E-state index in [-0.39, 0.29) is 5.91 Å². The van der Waals surface area contributed by atoms with Gasteiger partial charge in [0.25, 0.3) is 5.91 Å². The predicted octanol–water partition coefficient (Wildman–Crippen LogP) is 5.00. The zero-order valence-electron chi connectivity index (χ0n) is 16.5. The Morgan fingerprint density at radius 2 is 1.68 bits per heavy atom. The number of carbonyl (C=O) groups is 1. The highest BCUT2D eigenvalue weighted by molar-refractivity contribution is 5.94. The number of piperidine rings is 1. The van der Waals surface area contributed by atoms with E-state index in [9.17, 15) is 4.79 Å². The number of nitrogens with one attached hydrogen (secondary N) is 1. The number of rotatable bonds is 5. The zero-order chi connectivity index (χ0) is 19.3. The van der Waals surface area contributed by atoms with Crippen molar-refractivity contribution in [1.82, 2.24) is 10.2 Å². The third kappa shape index (κ3) is 4.42. The molecule has 0 atom stereocenters. The number of fused-ring (bicyclic) bond motifs is 1. The molecule has 1 amide bonds. The van der Waals surface area contributed by atoms with Crippen LogP contribution in [-0.2, 0) is 13.1 Å². The van der Waals surface area contributed by atoms with Crippen molar-refractivity contribution in [3.8, 4) is 0 Å². The van der Waals surface area contributed by atoms with Gasteiger partial charge in [-0.25, -0.2) is 0 Å². The normalized spacial score (nSPS) is 15.6. The highest BCUT2D eigenvalue weighted by atomic mass is 16.1. The lowest BCUT2D eigenvalue weighted by molar-refractivity contribution is 0.0951. The van der Waals surface area contributed by atoms with Crippen molar-refractivity contribution in [2.45, 2.75) is 32.9 Å². The van der Waals surface area contributed by atoms with Crippen molar-refractivity contribution in [2.24, 2.45) is 5.92 Å². The molecule has 28 heavy (non-hydrogen) atoms. The molecule has 1 heterocycles. The van der Waals surface area contributed by atoms with E-state index in [0.717, 1.165) is 23.6 Å². The SMILES string of the molecule is CC1CCN(Cc2ccc(C(=O)NCc3cccc4ccccc34)cc2)CC1. The fourth-order valence-corrected chi connectivity index (χ4v) is 3.96. The number of nitrogens with zero attached hydrogens (tertiary/aromatic N) is 1. The van der Waals surface area contributed by atoms with Gasteiger partial charge in [0.2, 0.25) is 0 Å². The van der Waals surface area contributed by atoms with Crippen LogP contribution in [0, 0.1) is 5.92 Å². The van der Waals surface area contributed by atoms with Crippen LogP contribution in [0.1, 0.15) is 41.3 Å². The average Bonchev–Trinajstić information content (AvgIpc) is 2.74. The minimum atomic E-state index is -0.0220. The number of likely N-dealkylation sites (tertiary alicyclic amines) is 1. The average molecular weight is 373 g/mol. The molecule has 0 radical (unpaired) electrons. The maximum absolute atomic E-state index is 12.6. The van der Waals surface area contributed by atoms with Crippen LogP contribution in [0.2, 0.25) is 0 Å². The second-order valence-electron chi connectivity index (χ2n) is 7.98. The number of hydrogen-bond donors (Lipinski definition) is 1. The first-order valence-corrected chi connectivity index (χ1v) is 10.3. The van der Waals surface area contributed by atoms with Crippen LogP contribution in [0.3, 0.4) is 0 Å². The fourth-order valence-electron chi connectivity index (χ4n) is 3.96. The molecule has 1 fully saturated rings. The van der Waals surface area contributed by atoms with E-state index in [4.69, 9.17) is 0 Å². The molecule has 0 spiro atoms. The predicted molar refractivity (Wildman–Crippen MR) is 115 cm³/mol. The standard InChI is InChI=1S/C25H28N2O/c1-19-13-15-27(16-14-19)18-20-9-11-22(12-10-20)25(28)26-17-23-7-4-6-21-5-2-3-8-24(21)23/h2-12,19H,13-18H2,1H3,(H,26,28). The van der Waals surface area contributed by atoms with Crippen molar-refractivity contribution in [3.05, 3.63) is 83.4 Å².